The normalized spacial score (nSPS) is 25.6. The van der Waals surface area contributed by atoms with Crippen molar-refractivity contribution in [3.63, 3.8) is 0 Å². The first-order valence-electron chi connectivity index (χ1n) is 32.4. The molecule has 5 fully saturated rings. The van der Waals surface area contributed by atoms with E-state index in [2.05, 4.69) is 29.5 Å². The first-order valence-corrected chi connectivity index (χ1v) is 34.8. The highest BCUT2D eigenvalue weighted by Crippen LogP contribution is 2.72. The van der Waals surface area contributed by atoms with Crippen molar-refractivity contribution in [2.45, 2.75) is 141 Å². The van der Waals surface area contributed by atoms with Gasteiger partial charge in [-0.1, -0.05) is 61.6 Å². The standard InChI is InChI=1S/C68H77N9O19S2/c1-39-45(43-16-17-50(72-54(43)60(85)86)75-22-20-41-10-8-11-44(46(41)29-75)59(84)73-63-71-47-12-4-5-13-49(47)97-63)28-70-77(39)38-67-33-65(2)32-66(3,34-67)36-68(35-65,37-67)94-25-23-74(24-26-98(90,91)92)64(89)93-31-42-15-14-40(9-6-7-21-69-51(78)30-76-52(79)18-19-53(76)80)27-48(42)95-62-57(83)55(81)56(82)58(96-62)61(87)88/h4-5,8,10-19,27-28,55-58,62,81-83H,6-7,9,20-26,29-38H2,1-3H3,(H,69,78)(H,85,86)(H,87,88)(H,71,73,84)(H,90,91,92)/t55-,56-,57+,58-,62+,65?,66?,67?,68?/m0/s1. The summed E-state index contributed by atoms with van der Waals surface area (Å²) in [5, 5.41) is 63.4. The maximum absolute atomic E-state index is 14.2. The second-order valence-corrected chi connectivity index (χ2v) is 30.1. The van der Waals surface area contributed by atoms with Gasteiger partial charge < -0.3 is 59.6 Å². The van der Waals surface area contributed by atoms with Crippen molar-refractivity contribution in [1.82, 2.24) is 34.9 Å². The highest BCUT2D eigenvalue weighted by Gasteiger charge is 2.66. The number of aliphatic hydroxyl groups excluding tert-OH is 3. The summed E-state index contributed by atoms with van der Waals surface area (Å²) < 4.78 is 61.3. The Hall–Kier alpha value is -8.75. The summed E-state index contributed by atoms with van der Waals surface area (Å²) in [6, 6.07) is 21.6. The van der Waals surface area contributed by atoms with Crippen molar-refractivity contribution >= 4 is 84.3 Å². The van der Waals surface area contributed by atoms with Gasteiger partial charge in [-0.3, -0.25) is 38.6 Å². The Bertz CT molecular complexity index is 4220. The van der Waals surface area contributed by atoms with E-state index in [1.807, 2.05) is 52.9 Å². The molecular weight excluding hydrogens is 1310 g/mol. The predicted octanol–water partition coefficient (Wildman–Crippen LogP) is 5.67. The number of anilines is 2. The number of benzene rings is 3. The number of aliphatic hydroxyl groups is 3. The first kappa shape index (κ1) is 69.2. The molecule has 28 nitrogen and oxygen atoms in total. The van der Waals surface area contributed by atoms with Crippen molar-refractivity contribution in [2.75, 3.05) is 55.3 Å². The number of carboxylic acid groups (broad SMARTS) is 2. The number of fused-ring (bicyclic) bond motifs is 2. The van der Waals surface area contributed by atoms with Gasteiger partial charge in [0.2, 0.25) is 12.2 Å². The van der Waals surface area contributed by atoms with Crippen LogP contribution in [0.3, 0.4) is 0 Å². The molecule has 520 valence electrons. The average Bonchev–Trinajstić information content (AvgIpc) is 0.771. The van der Waals surface area contributed by atoms with Gasteiger partial charge in [0, 0.05) is 79.4 Å². The Balaban J connectivity index is 0.711. The number of pyridine rings is 1. The van der Waals surface area contributed by atoms with E-state index in [1.54, 1.807) is 30.5 Å². The van der Waals surface area contributed by atoms with Crippen LogP contribution in [-0.4, -0.2) is 191 Å². The van der Waals surface area contributed by atoms with Gasteiger partial charge in [-0.2, -0.15) is 13.5 Å². The molecular formula is C68H77N9O19S2. The Morgan fingerprint density at radius 3 is 2.33 bits per heavy atom. The number of thiazole rings is 1. The van der Waals surface area contributed by atoms with Crippen LogP contribution in [0.4, 0.5) is 15.7 Å². The van der Waals surface area contributed by atoms with Crippen molar-refractivity contribution < 1.29 is 91.0 Å². The van der Waals surface area contributed by atoms with E-state index in [9.17, 15) is 72.1 Å². The summed E-state index contributed by atoms with van der Waals surface area (Å²) in [5.74, 6) is -5.36. The number of aliphatic carboxylic acids is 1. The first-order chi connectivity index (χ1) is 46.6. The van der Waals surface area contributed by atoms with Gasteiger partial charge >= 0.3 is 18.0 Å². The van der Waals surface area contributed by atoms with Gasteiger partial charge in [-0.25, -0.2) is 24.4 Å². The van der Waals surface area contributed by atoms with Crippen LogP contribution in [-0.2, 0) is 76.0 Å². The highest BCUT2D eigenvalue weighted by molar-refractivity contribution is 7.85. The Labute approximate surface area is 567 Å². The van der Waals surface area contributed by atoms with Crippen molar-refractivity contribution in [1.29, 1.82) is 0 Å². The molecule has 0 radical (unpaired) electrons. The number of carboxylic acids is 2. The zero-order valence-electron chi connectivity index (χ0n) is 54.1. The van der Waals surface area contributed by atoms with Gasteiger partial charge in [-0.05, 0) is 140 Å². The number of amides is 5. The van der Waals surface area contributed by atoms with Gasteiger partial charge in [-0.15, -0.1) is 0 Å². The molecule has 4 bridgehead atoms. The Morgan fingerprint density at radius 1 is 0.847 bits per heavy atom. The molecule has 7 aliphatic rings. The fourth-order valence-corrected chi connectivity index (χ4v) is 17.6. The lowest BCUT2D eigenvalue weighted by Gasteiger charge is -2.69. The van der Waals surface area contributed by atoms with Crippen LogP contribution >= 0.6 is 11.3 Å². The number of hydrogen-bond donors (Lipinski definition) is 8. The highest BCUT2D eigenvalue weighted by atomic mass is 32.2. The molecule has 3 aromatic carbocycles. The smallest absolute Gasteiger partial charge is 0.410 e. The molecule has 4 saturated carbocycles. The Morgan fingerprint density at radius 2 is 1.60 bits per heavy atom. The second-order valence-electron chi connectivity index (χ2n) is 27.5. The third kappa shape index (κ3) is 15.0. The third-order valence-corrected chi connectivity index (χ3v) is 21.2. The van der Waals surface area contributed by atoms with Gasteiger partial charge in [0.05, 0.1) is 34.4 Å². The molecule has 4 aliphatic carbocycles. The predicted molar refractivity (Wildman–Crippen MR) is 352 cm³/mol. The molecule has 1 saturated heterocycles. The number of nitrogens with zero attached hydrogens (tertiary/aromatic N) is 7. The van der Waals surface area contributed by atoms with Crippen LogP contribution in [0.1, 0.15) is 114 Å². The van der Waals surface area contributed by atoms with Crippen LogP contribution in [0, 0.1) is 23.2 Å². The maximum atomic E-state index is 14.2. The third-order valence-electron chi connectivity index (χ3n) is 19.6. The largest absolute Gasteiger partial charge is 0.479 e. The van der Waals surface area contributed by atoms with Crippen LogP contribution < -0.4 is 20.3 Å². The van der Waals surface area contributed by atoms with E-state index < -0.39 is 108 Å². The number of para-hydroxylation sites is 1. The molecule has 6 aromatic rings. The molecule has 30 heteroatoms. The van der Waals surface area contributed by atoms with E-state index in [-0.39, 0.29) is 58.9 Å². The zero-order valence-corrected chi connectivity index (χ0v) is 55.8. The number of unbranched alkanes of at least 4 members (excludes halogenated alkanes) is 1. The lowest BCUT2D eigenvalue weighted by Crippen LogP contribution is -2.64. The summed E-state index contributed by atoms with van der Waals surface area (Å²) in [5.41, 5.74) is 4.15. The summed E-state index contributed by atoms with van der Waals surface area (Å²) in [6.07, 6.45) is -0.438. The van der Waals surface area contributed by atoms with Gasteiger partial charge in [0.25, 0.3) is 27.8 Å². The van der Waals surface area contributed by atoms with Crippen molar-refractivity contribution in [3.05, 3.63) is 130 Å². The molecule has 98 heavy (non-hydrogen) atoms. The number of imide groups is 1. The summed E-state index contributed by atoms with van der Waals surface area (Å²) in [6.45, 7) is 6.27. The Kier molecular flexibility index (Phi) is 19.4. The number of aryl methyl sites for hydroxylation is 1. The zero-order chi connectivity index (χ0) is 69.6. The number of ether oxygens (including phenoxy) is 4. The average molecular weight is 1390 g/mol. The summed E-state index contributed by atoms with van der Waals surface area (Å²) in [7, 11) is -4.60. The maximum Gasteiger partial charge on any atom is 0.410 e. The minimum Gasteiger partial charge on any atom is -0.479 e. The van der Waals surface area contributed by atoms with Crippen LogP contribution in [0.15, 0.2) is 91.1 Å². The van der Waals surface area contributed by atoms with Crippen molar-refractivity contribution in [3.8, 4) is 16.9 Å². The molecule has 5 amide bonds. The number of rotatable bonds is 26. The summed E-state index contributed by atoms with van der Waals surface area (Å²) in [4.78, 5) is 103. The van der Waals surface area contributed by atoms with Crippen molar-refractivity contribution in [2.24, 2.45) is 16.2 Å². The van der Waals surface area contributed by atoms with E-state index >= 15 is 0 Å². The van der Waals surface area contributed by atoms with Crippen LogP contribution in [0.5, 0.6) is 5.75 Å². The van der Waals surface area contributed by atoms with E-state index in [0.29, 0.717) is 97.8 Å². The van der Waals surface area contributed by atoms with Gasteiger partial charge in [0.15, 0.2) is 16.9 Å². The minimum atomic E-state index is -4.60. The molecule has 7 atom stereocenters. The van der Waals surface area contributed by atoms with E-state index in [4.69, 9.17) is 29.0 Å². The second kappa shape index (κ2) is 27.5. The lowest BCUT2D eigenvalue weighted by atomic mass is 9.39. The lowest BCUT2D eigenvalue weighted by molar-refractivity contribution is -0.271. The molecule has 8 N–H and O–H groups in total. The number of carbonyl (C=O) groups excluding carboxylic acids is 5. The topological polar surface area (TPSA) is 389 Å². The quantitative estimate of drug-likeness (QED) is 0.0184. The fraction of sp³-hybridized carbons (Fsp3) is 0.471. The monoisotopic (exact) mass is 1390 g/mol. The van der Waals surface area contributed by atoms with E-state index in [0.717, 1.165) is 68.3 Å². The van der Waals surface area contributed by atoms with Crippen LogP contribution in [0.25, 0.3) is 21.3 Å². The minimum absolute atomic E-state index is 0.0575. The van der Waals surface area contributed by atoms with Gasteiger partial charge in [0.1, 0.15) is 43.0 Å². The molecule has 0 spiro atoms. The summed E-state index contributed by atoms with van der Waals surface area (Å²) >= 11 is 1.39. The number of nitrogens with one attached hydrogen (secondary N) is 2. The van der Waals surface area contributed by atoms with E-state index in [1.165, 1.54) is 23.5 Å². The SMILES string of the molecule is Cc1c(-c2ccc(N3CCc4cccc(C(=O)Nc5nc6ccccc6s5)c4C3)nc2C(=O)O)cnn1CC12CC3(C)CC(C)(C1)CC(OCCN(CCS(=O)(=O)O)C(=O)OCc1ccc(CCCCNC(=O)CN4C(=O)C=CC4=O)cc1O[C@@H]1O[C@H](C(=O)O)[C@@H](O)[C@H](O)[C@H]1O)(C3)C2. The number of hydrogen-bond acceptors (Lipinski definition) is 21. The molecule has 6 heterocycles. The molecule has 3 aromatic heterocycles. The molecule has 2 unspecified atom stereocenters. The number of carbonyl (C=O) groups is 7. The molecule has 3 aliphatic heterocycles. The van der Waals surface area contributed by atoms with Crippen LogP contribution in [0.2, 0.25) is 0 Å². The molecule has 13 rings (SSSR count). The number of aromatic nitrogens is 4. The number of aromatic carboxylic acids is 1. The fourth-order valence-electron chi connectivity index (χ4n) is 16.3.